The summed E-state index contributed by atoms with van der Waals surface area (Å²) in [6.45, 7) is 4.23. The van der Waals surface area contributed by atoms with E-state index in [1.165, 1.54) is 5.56 Å². The van der Waals surface area contributed by atoms with E-state index in [0.717, 1.165) is 5.56 Å². The molecule has 0 radical (unpaired) electrons. The molecule has 18 heavy (non-hydrogen) atoms. The normalized spacial score (nSPS) is 10.8. The Morgan fingerprint density at radius 3 is 2.33 bits per heavy atom. The van der Waals surface area contributed by atoms with Crippen LogP contribution in [0.25, 0.3) is 11.3 Å². The Morgan fingerprint density at radius 2 is 1.83 bits per heavy atom. The number of hydrogen-bond donors (Lipinski definition) is 3. The molecule has 4 nitrogen and oxygen atoms in total. The van der Waals surface area contributed by atoms with E-state index in [0.29, 0.717) is 16.4 Å². The maximum absolute atomic E-state index is 11.1. The number of hydrogen-bond acceptors (Lipinski definition) is 2. The summed E-state index contributed by atoms with van der Waals surface area (Å²) in [5, 5.41) is 9.09. The summed E-state index contributed by atoms with van der Waals surface area (Å²) in [6, 6.07) is 7.79. The molecule has 0 aliphatic carbocycles. The minimum atomic E-state index is -1.02. The lowest BCUT2D eigenvalue weighted by atomic mass is 10.0. The van der Waals surface area contributed by atoms with Gasteiger partial charge in [-0.3, -0.25) is 0 Å². The number of aromatic amines is 2. The second kappa shape index (κ2) is 4.78. The van der Waals surface area contributed by atoms with Crippen LogP contribution in [0.15, 0.2) is 24.3 Å². The molecule has 0 saturated heterocycles. The third-order valence-corrected chi connectivity index (χ3v) is 3.01. The summed E-state index contributed by atoms with van der Waals surface area (Å²) in [6.07, 6.45) is 0. The fourth-order valence-corrected chi connectivity index (χ4v) is 2.00. The topological polar surface area (TPSA) is 68.9 Å². The van der Waals surface area contributed by atoms with Crippen molar-refractivity contribution in [3.8, 4) is 11.3 Å². The summed E-state index contributed by atoms with van der Waals surface area (Å²) in [5.41, 5.74) is 2.63. The highest BCUT2D eigenvalue weighted by atomic mass is 32.1. The minimum absolute atomic E-state index is 0.0947. The molecule has 2 aromatic rings. The average molecular weight is 262 g/mol. The number of carboxylic acids is 1. The molecule has 1 heterocycles. The molecule has 5 heteroatoms. The first-order valence-electron chi connectivity index (χ1n) is 5.65. The Kier molecular flexibility index (Phi) is 3.34. The van der Waals surface area contributed by atoms with Crippen LogP contribution in [0, 0.1) is 4.77 Å². The summed E-state index contributed by atoms with van der Waals surface area (Å²) >= 11 is 4.93. The molecule has 2 rings (SSSR count). The van der Waals surface area contributed by atoms with E-state index in [-0.39, 0.29) is 5.69 Å². The van der Waals surface area contributed by atoms with Gasteiger partial charge in [0.1, 0.15) is 0 Å². The quantitative estimate of drug-likeness (QED) is 0.741. The molecule has 0 bridgehead atoms. The predicted octanol–water partition coefficient (Wildman–Crippen LogP) is 3.56. The lowest BCUT2D eigenvalue weighted by Crippen LogP contribution is -1.99. The van der Waals surface area contributed by atoms with Crippen molar-refractivity contribution < 1.29 is 9.90 Å². The van der Waals surface area contributed by atoms with Crippen molar-refractivity contribution in [1.82, 2.24) is 9.97 Å². The number of rotatable bonds is 3. The lowest BCUT2D eigenvalue weighted by molar-refractivity contribution is 0.0692. The Labute approximate surface area is 110 Å². The van der Waals surface area contributed by atoms with Gasteiger partial charge in [0, 0.05) is 5.56 Å². The highest BCUT2D eigenvalue weighted by Crippen LogP contribution is 2.23. The number of imidazole rings is 1. The van der Waals surface area contributed by atoms with E-state index < -0.39 is 5.97 Å². The second-order valence-corrected chi connectivity index (χ2v) is 4.82. The van der Waals surface area contributed by atoms with Gasteiger partial charge in [0.25, 0.3) is 0 Å². The first kappa shape index (κ1) is 12.6. The summed E-state index contributed by atoms with van der Waals surface area (Å²) in [7, 11) is 0. The molecule has 0 unspecified atom stereocenters. The Bertz CT molecular complexity index is 623. The number of carboxylic acid groups (broad SMARTS) is 1. The fourth-order valence-electron chi connectivity index (χ4n) is 1.79. The second-order valence-electron chi connectivity index (χ2n) is 4.41. The van der Waals surface area contributed by atoms with Crippen molar-refractivity contribution in [3.05, 3.63) is 40.3 Å². The van der Waals surface area contributed by atoms with Gasteiger partial charge in [0.2, 0.25) is 0 Å². The number of H-pyrrole nitrogens is 2. The van der Waals surface area contributed by atoms with Crippen LogP contribution in [0.3, 0.4) is 0 Å². The van der Waals surface area contributed by atoms with Crippen molar-refractivity contribution in [2.24, 2.45) is 0 Å². The van der Waals surface area contributed by atoms with Gasteiger partial charge in [-0.2, -0.15) is 0 Å². The zero-order valence-corrected chi connectivity index (χ0v) is 11.0. The Morgan fingerprint density at radius 1 is 1.22 bits per heavy atom. The Balaban J connectivity index is 2.48. The van der Waals surface area contributed by atoms with E-state index in [1.807, 2.05) is 24.3 Å². The summed E-state index contributed by atoms with van der Waals surface area (Å²) < 4.78 is 0.315. The van der Waals surface area contributed by atoms with Crippen LogP contribution in [0.2, 0.25) is 0 Å². The highest BCUT2D eigenvalue weighted by Gasteiger charge is 2.14. The average Bonchev–Trinajstić information content (AvgIpc) is 2.71. The molecule has 1 aromatic heterocycles. The monoisotopic (exact) mass is 262 g/mol. The molecule has 0 aliphatic heterocycles. The minimum Gasteiger partial charge on any atom is -0.477 e. The third kappa shape index (κ3) is 2.36. The zero-order valence-electron chi connectivity index (χ0n) is 10.2. The van der Waals surface area contributed by atoms with Crippen molar-refractivity contribution in [1.29, 1.82) is 0 Å². The number of aromatic carboxylic acids is 1. The van der Waals surface area contributed by atoms with Crippen molar-refractivity contribution in [2.45, 2.75) is 19.8 Å². The number of benzene rings is 1. The van der Waals surface area contributed by atoms with Crippen molar-refractivity contribution in [3.63, 3.8) is 0 Å². The van der Waals surface area contributed by atoms with Crippen LogP contribution < -0.4 is 0 Å². The molecular formula is C13H14N2O2S. The summed E-state index contributed by atoms with van der Waals surface area (Å²) in [4.78, 5) is 16.6. The standard InChI is InChI=1S/C13H14N2O2S/c1-7(2)8-3-5-9(6-4-8)10-11(12(16)17)15-13(18)14-10/h3-7H,1-2H3,(H,16,17)(H2,14,15,18). The van der Waals surface area contributed by atoms with Crippen LogP contribution in [-0.2, 0) is 0 Å². The molecule has 94 valence electrons. The van der Waals surface area contributed by atoms with Gasteiger partial charge in [-0.05, 0) is 23.7 Å². The molecular weight excluding hydrogens is 248 g/mol. The van der Waals surface area contributed by atoms with E-state index in [9.17, 15) is 4.79 Å². The van der Waals surface area contributed by atoms with Crippen LogP contribution in [0.4, 0.5) is 0 Å². The van der Waals surface area contributed by atoms with Crippen LogP contribution in [0.5, 0.6) is 0 Å². The smallest absolute Gasteiger partial charge is 0.354 e. The van der Waals surface area contributed by atoms with Crippen LogP contribution in [-0.4, -0.2) is 21.0 Å². The fraction of sp³-hybridized carbons (Fsp3) is 0.231. The van der Waals surface area contributed by atoms with E-state index in [2.05, 4.69) is 23.8 Å². The van der Waals surface area contributed by atoms with Crippen LogP contribution >= 0.6 is 12.2 Å². The molecule has 0 spiro atoms. The molecule has 0 amide bonds. The van der Waals surface area contributed by atoms with E-state index in [4.69, 9.17) is 17.3 Å². The predicted molar refractivity (Wildman–Crippen MR) is 72.5 cm³/mol. The van der Waals surface area contributed by atoms with Gasteiger partial charge >= 0.3 is 5.97 Å². The summed E-state index contributed by atoms with van der Waals surface area (Å²) in [5.74, 6) is -0.576. The SMILES string of the molecule is CC(C)c1ccc(-c2[nH]c(=S)[nH]c2C(=O)O)cc1. The van der Waals surface area contributed by atoms with Crippen LogP contribution in [0.1, 0.15) is 35.8 Å². The Hall–Kier alpha value is -1.88. The van der Waals surface area contributed by atoms with Gasteiger partial charge < -0.3 is 15.1 Å². The third-order valence-electron chi connectivity index (χ3n) is 2.81. The maximum Gasteiger partial charge on any atom is 0.354 e. The molecule has 1 aromatic carbocycles. The largest absolute Gasteiger partial charge is 0.477 e. The highest BCUT2D eigenvalue weighted by molar-refractivity contribution is 7.71. The van der Waals surface area contributed by atoms with Crippen molar-refractivity contribution >= 4 is 18.2 Å². The zero-order chi connectivity index (χ0) is 13.3. The molecule has 3 N–H and O–H groups in total. The van der Waals surface area contributed by atoms with Gasteiger partial charge in [-0.25, -0.2) is 4.79 Å². The van der Waals surface area contributed by atoms with Gasteiger partial charge in [0.05, 0.1) is 5.69 Å². The first-order valence-corrected chi connectivity index (χ1v) is 6.05. The number of nitrogens with one attached hydrogen (secondary N) is 2. The van der Waals surface area contributed by atoms with Gasteiger partial charge in [0.15, 0.2) is 10.5 Å². The van der Waals surface area contributed by atoms with Gasteiger partial charge in [-0.15, -0.1) is 0 Å². The van der Waals surface area contributed by atoms with E-state index >= 15 is 0 Å². The molecule has 0 fully saturated rings. The molecule has 0 aliphatic rings. The van der Waals surface area contributed by atoms with Gasteiger partial charge in [-0.1, -0.05) is 38.1 Å². The first-order chi connectivity index (χ1) is 8.49. The number of aromatic nitrogens is 2. The number of carbonyl (C=O) groups is 1. The lowest BCUT2D eigenvalue weighted by Gasteiger charge is -2.06. The maximum atomic E-state index is 11.1. The molecule has 0 saturated carbocycles. The van der Waals surface area contributed by atoms with E-state index in [1.54, 1.807) is 0 Å². The van der Waals surface area contributed by atoms with Crippen molar-refractivity contribution in [2.75, 3.05) is 0 Å². The molecule has 0 atom stereocenters.